The van der Waals surface area contributed by atoms with Gasteiger partial charge in [-0.3, -0.25) is 14.3 Å². The van der Waals surface area contributed by atoms with Crippen molar-refractivity contribution in [1.29, 1.82) is 0 Å². The van der Waals surface area contributed by atoms with E-state index >= 15 is 0 Å². The molecule has 3 N–H and O–H groups in total. The number of anilines is 2. The second kappa shape index (κ2) is 9.87. The molecule has 0 unspecified atom stereocenters. The van der Waals surface area contributed by atoms with E-state index in [-0.39, 0.29) is 10.7 Å². The molecular weight excluding hydrogens is 462 g/mol. The first-order valence-electron chi connectivity index (χ1n) is 10.5. The molecular formula is C23H23N3O7S. The number of amides is 2. The maximum absolute atomic E-state index is 12.8. The van der Waals surface area contributed by atoms with Crippen LogP contribution in [0.4, 0.5) is 11.4 Å². The zero-order valence-electron chi connectivity index (χ0n) is 18.2. The maximum Gasteiger partial charge on any atom is 0.287 e. The first-order chi connectivity index (χ1) is 16.3. The van der Waals surface area contributed by atoms with Crippen molar-refractivity contribution in [3.05, 3.63) is 66.6 Å². The molecule has 0 radical (unpaired) electrons. The van der Waals surface area contributed by atoms with Crippen molar-refractivity contribution in [2.75, 3.05) is 23.3 Å². The van der Waals surface area contributed by atoms with Gasteiger partial charge in [0.1, 0.15) is 6.04 Å². The average Bonchev–Trinajstić information content (AvgIpc) is 3.25. The lowest BCUT2D eigenvalue weighted by Crippen LogP contribution is -2.41. The van der Waals surface area contributed by atoms with Crippen molar-refractivity contribution in [2.45, 2.75) is 24.3 Å². The monoisotopic (exact) mass is 485 g/mol. The van der Waals surface area contributed by atoms with E-state index in [0.29, 0.717) is 42.5 Å². The number of carbonyl (C=O) groups excluding carboxylic acids is 2. The summed E-state index contributed by atoms with van der Waals surface area (Å²) in [5.74, 6) is 0.0373. The zero-order chi connectivity index (χ0) is 24.1. The number of sulfonamides is 1. The van der Waals surface area contributed by atoms with Crippen LogP contribution in [-0.2, 0) is 14.8 Å². The lowest BCUT2D eigenvalue weighted by Gasteiger charge is -2.14. The van der Waals surface area contributed by atoms with Crippen LogP contribution >= 0.6 is 0 Å². The number of benzene rings is 2. The van der Waals surface area contributed by atoms with Crippen LogP contribution in [0, 0.1) is 0 Å². The largest absolute Gasteiger partial charge is 0.490 e. The lowest BCUT2D eigenvalue weighted by atomic mass is 10.2. The lowest BCUT2D eigenvalue weighted by molar-refractivity contribution is -0.117. The Kier molecular flexibility index (Phi) is 6.73. The number of nitrogens with one attached hydrogen (secondary N) is 3. The molecule has 2 aromatic carbocycles. The van der Waals surface area contributed by atoms with Gasteiger partial charge in [-0.25, -0.2) is 8.42 Å². The van der Waals surface area contributed by atoms with Crippen LogP contribution in [0.3, 0.4) is 0 Å². The third kappa shape index (κ3) is 5.49. The zero-order valence-corrected chi connectivity index (χ0v) is 19.1. The first kappa shape index (κ1) is 23.2. The normalized spacial score (nSPS) is 13.9. The molecule has 1 aromatic heterocycles. The fourth-order valence-electron chi connectivity index (χ4n) is 3.14. The molecule has 10 nitrogen and oxygen atoms in total. The number of rotatable bonds is 7. The molecule has 1 aliphatic rings. The number of hydrogen-bond acceptors (Lipinski definition) is 7. The number of fused-ring (bicyclic) bond motifs is 1. The number of furan rings is 1. The Morgan fingerprint density at radius 1 is 0.941 bits per heavy atom. The molecule has 0 fully saturated rings. The van der Waals surface area contributed by atoms with Gasteiger partial charge in [-0.1, -0.05) is 0 Å². The molecule has 3 aromatic rings. The summed E-state index contributed by atoms with van der Waals surface area (Å²) in [6.45, 7) is 2.49. The fraction of sp³-hybridized carbons (Fsp3) is 0.217. The predicted octanol–water partition coefficient (Wildman–Crippen LogP) is 3.00. The van der Waals surface area contributed by atoms with Crippen molar-refractivity contribution < 1.29 is 31.9 Å². The minimum atomic E-state index is -3.87. The van der Waals surface area contributed by atoms with Gasteiger partial charge in [-0.05, 0) is 55.5 Å². The molecule has 1 aliphatic heterocycles. The summed E-state index contributed by atoms with van der Waals surface area (Å²) in [7, 11) is -3.87. The quantitative estimate of drug-likeness (QED) is 0.468. The molecule has 0 aliphatic carbocycles. The minimum Gasteiger partial charge on any atom is -0.490 e. The second-order valence-corrected chi connectivity index (χ2v) is 9.19. The molecule has 4 rings (SSSR count). The summed E-state index contributed by atoms with van der Waals surface area (Å²) in [4.78, 5) is 24.4. The van der Waals surface area contributed by atoms with E-state index in [9.17, 15) is 18.0 Å². The summed E-state index contributed by atoms with van der Waals surface area (Å²) in [6, 6.07) is 12.8. The van der Waals surface area contributed by atoms with E-state index in [1.54, 1.807) is 24.3 Å². The van der Waals surface area contributed by atoms with Crippen LogP contribution in [0.5, 0.6) is 11.5 Å². The highest BCUT2D eigenvalue weighted by Crippen LogP contribution is 2.32. The molecule has 2 amide bonds. The molecule has 2 heterocycles. The Morgan fingerprint density at radius 3 is 2.35 bits per heavy atom. The predicted molar refractivity (Wildman–Crippen MR) is 124 cm³/mol. The third-order valence-electron chi connectivity index (χ3n) is 4.92. The summed E-state index contributed by atoms with van der Waals surface area (Å²) in [5.41, 5.74) is 0.743. The van der Waals surface area contributed by atoms with Crippen molar-refractivity contribution in [1.82, 2.24) is 5.32 Å². The molecule has 34 heavy (non-hydrogen) atoms. The Balaban J connectivity index is 1.37. The van der Waals surface area contributed by atoms with Gasteiger partial charge in [0, 0.05) is 23.9 Å². The minimum absolute atomic E-state index is 0.0373. The number of hydrogen-bond donors (Lipinski definition) is 3. The van der Waals surface area contributed by atoms with Gasteiger partial charge in [0.25, 0.3) is 15.9 Å². The van der Waals surface area contributed by atoms with Gasteiger partial charge in [0.05, 0.1) is 24.4 Å². The van der Waals surface area contributed by atoms with Crippen LogP contribution < -0.4 is 24.8 Å². The second-order valence-electron chi connectivity index (χ2n) is 7.50. The molecule has 178 valence electrons. The molecule has 0 saturated carbocycles. The fourth-order valence-corrected chi connectivity index (χ4v) is 4.21. The average molecular weight is 486 g/mol. The van der Waals surface area contributed by atoms with Crippen LogP contribution in [0.1, 0.15) is 23.9 Å². The Labute approximate surface area is 196 Å². The van der Waals surface area contributed by atoms with Crippen molar-refractivity contribution in [2.24, 2.45) is 0 Å². The van der Waals surface area contributed by atoms with E-state index in [1.807, 2.05) is 0 Å². The molecule has 0 saturated heterocycles. The van der Waals surface area contributed by atoms with Gasteiger partial charge in [-0.2, -0.15) is 0 Å². The summed E-state index contributed by atoms with van der Waals surface area (Å²) in [6.07, 6.45) is 2.08. The van der Waals surface area contributed by atoms with E-state index in [0.717, 1.165) is 0 Å². The highest BCUT2D eigenvalue weighted by Gasteiger charge is 2.20. The number of carbonyl (C=O) groups is 2. The van der Waals surface area contributed by atoms with Crippen LogP contribution in [0.25, 0.3) is 0 Å². The van der Waals surface area contributed by atoms with Gasteiger partial charge in [0.2, 0.25) is 5.91 Å². The Bertz CT molecular complexity index is 1270. The van der Waals surface area contributed by atoms with Crippen LogP contribution in [-0.4, -0.2) is 39.5 Å². The summed E-state index contributed by atoms with van der Waals surface area (Å²) in [5, 5.41) is 5.20. The standard InChI is InChI=1S/C23H23N3O7S/c1-15(24-23(28)20-4-2-11-32-20)22(27)25-16-5-7-17(8-6-16)26-34(29,30)18-9-10-19-21(14-18)33-13-3-12-31-19/h2,4-11,14-15,26H,3,12-13H2,1H3,(H,24,28)(H,25,27)/t15-/m1/s1. The van der Waals surface area contributed by atoms with Crippen molar-refractivity contribution in [3.8, 4) is 11.5 Å². The van der Waals surface area contributed by atoms with Crippen molar-refractivity contribution in [3.63, 3.8) is 0 Å². The van der Waals surface area contributed by atoms with Gasteiger partial charge in [-0.15, -0.1) is 0 Å². The molecule has 11 heteroatoms. The van der Waals surface area contributed by atoms with Crippen LogP contribution in [0.2, 0.25) is 0 Å². The Morgan fingerprint density at radius 2 is 1.65 bits per heavy atom. The van der Waals surface area contributed by atoms with E-state index < -0.39 is 27.9 Å². The Hall–Kier alpha value is -3.99. The summed E-state index contributed by atoms with van der Waals surface area (Å²) >= 11 is 0. The smallest absolute Gasteiger partial charge is 0.287 e. The maximum atomic E-state index is 12.8. The van der Waals surface area contributed by atoms with E-state index in [4.69, 9.17) is 13.9 Å². The first-order valence-corrected chi connectivity index (χ1v) is 12.0. The van der Waals surface area contributed by atoms with Gasteiger partial charge in [0.15, 0.2) is 17.3 Å². The molecule has 1 atom stereocenters. The van der Waals surface area contributed by atoms with E-state index in [1.165, 1.54) is 43.5 Å². The van der Waals surface area contributed by atoms with Crippen LogP contribution in [0.15, 0.2) is 70.2 Å². The van der Waals surface area contributed by atoms with E-state index in [2.05, 4.69) is 15.4 Å². The topological polar surface area (TPSA) is 136 Å². The van der Waals surface area contributed by atoms with Crippen molar-refractivity contribution >= 4 is 33.2 Å². The van der Waals surface area contributed by atoms with Gasteiger partial charge < -0.3 is 24.5 Å². The third-order valence-corrected chi connectivity index (χ3v) is 6.30. The molecule has 0 spiro atoms. The van der Waals surface area contributed by atoms with Gasteiger partial charge >= 0.3 is 0 Å². The SMILES string of the molecule is C[C@@H](NC(=O)c1ccco1)C(=O)Nc1ccc(NS(=O)(=O)c2ccc3c(c2)OCCCO3)cc1. The molecule has 0 bridgehead atoms. The number of ether oxygens (including phenoxy) is 2. The highest BCUT2D eigenvalue weighted by atomic mass is 32.2. The highest BCUT2D eigenvalue weighted by molar-refractivity contribution is 7.92. The summed E-state index contributed by atoms with van der Waals surface area (Å²) < 4.78 is 44.2.